The van der Waals surface area contributed by atoms with Crippen LogP contribution in [0.2, 0.25) is 0 Å². The summed E-state index contributed by atoms with van der Waals surface area (Å²) in [6, 6.07) is 128. The second-order valence-corrected chi connectivity index (χ2v) is 27.8. The van der Waals surface area contributed by atoms with Gasteiger partial charge >= 0.3 is 0 Å². The fourth-order valence-corrected chi connectivity index (χ4v) is 21.4. The lowest BCUT2D eigenvalue weighted by Crippen LogP contribution is -2.37. The van der Waals surface area contributed by atoms with Crippen molar-refractivity contribution in [3.8, 4) is 44.5 Å². The molecule has 3 nitrogen and oxygen atoms in total. The molecule has 424 valence electrons. The van der Waals surface area contributed by atoms with Gasteiger partial charge in [-0.2, -0.15) is 0 Å². The molecule has 0 N–H and O–H groups in total. The van der Waals surface area contributed by atoms with Crippen LogP contribution in [0, 0.1) is 0 Å². The molecular formula is C86H58N2OS. The van der Waals surface area contributed by atoms with E-state index in [9.17, 15) is 0 Å². The summed E-state index contributed by atoms with van der Waals surface area (Å²) in [6.07, 6.45) is 0. The summed E-state index contributed by atoms with van der Waals surface area (Å²) in [5.41, 5.74) is 23.8. The van der Waals surface area contributed by atoms with Crippen LogP contribution in [0.4, 0.5) is 34.1 Å². The molecule has 4 aliphatic rings. The fraction of sp³-hybridized carbons (Fsp3) is 0.0233. The number of para-hydroxylation sites is 4. The summed E-state index contributed by atoms with van der Waals surface area (Å²) in [6.45, 7) is 0. The van der Waals surface area contributed by atoms with Gasteiger partial charge in [0.25, 0.3) is 0 Å². The van der Waals surface area contributed by atoms with Gasteiger partial charge in [0.1, 0.15) is 0 Å². The zero-order valence-electron chi connectivity index (χ0n) is 49.2. The van der Waals surface area contributed by atoms with E-state index in [2.05, 4.69) is 362 Å². The van der Waals surface area contributed by atoms with Crippen molar-refractivity contribution >= 4 is 43.2 Å². The highest BCUT2D eigenvalue weighted by atomic mass is 32.3. The highest BCUT2D eigenvalue weighted by Gasteiger charge is 2.58. The van der Waals surface area contributed by atoms with E-state index >= 15 is 4.21 Å². The first-order valence-corrected chi connectivity index (χ1v) is 33.0. The average molecular weight is 1170 g/mol. The highest BCUT2D eigenvalue weighted by Crippen LogP contribution is 2.71. The summed E-state index contributed by atoms with van der Waals surface area (Å²) in [7, 11) is -4.14. The molecule has 0 amide bonds. The van der Waals surface area contributed by atoms with E-state index in [1.807, 2.05) is 0 Å². The molecule has 4 heteroatoms. The molecule has 0 aliphatic carbocycles. The number of benzene rings is 14. The smallest absolute Gasteiger partial charge is 0.0742 e. The molecule has 0 atom stereocenters. The Morgan fingerprint density at radius 1 is 0.222 bits per heavy atom. The first kappa shape index (κ1) is 52.0. The second-order valence-electron chi connectivity index (χ2n) is 24.2. The third-order valence-corrected chi connectivity index (χ3v) is 24.7. The Balaban J connectivity index is 0.716. The van der Waals surface area contributed by atoms with Crippen LogP contribution in [0.25, 0.3) is 44.5 Å². The van der Waals surface area contributed by atoms with E-state index in [4.69, 9.17) is 0 Å². The number of rotatable bonds is 8. The maximum atomic E-state index is 17.9. The van der Waals surface area contributed by atoms with Crippen molar-refractivity contribution < 1.29 is 4.21 Å². The third kappa shape index (κ3) is 6.91. The summed E-state index contributed by atoms with van der Waals surface area (Å²) in [4.78, 5) is 8.33. The molecule has 18 rings (SSSR count). The van der Waals surface area contributed by atoms with Crippen LogP contribution >= 0.6 is 0 Å². The first-order valence-electron chi connectivity index (χ1n) is 31.1. The maximum absolute atomic E-state index is 17.9. The van der Waals surface area contributed by atoms with Gasteiger partial charge in [0, 0.05) is 40.0 Å². The van der Waals surface area contributed by atoms with Gasteiger partial charge in [-0.15, -0.1) is 0 Å². The normalized spacial score (nSPS) is 15.5. The quantitative estimate of drug-likeness (QED) is 0.151. The minimum atomic E-state index is -4.14. The van der Waals surface area contributed by atoms with Crippen molar-refractivity contribution in [2.75, 3.05) is 9.80 Å². The zero-order valence-corrected chi connectivity index (χ0v) is 50.0. The van der Waals surface area contributed by atoms with Crippen molar-refractivity contribution in [3.05, 3.63) is 396 Å². The van der Waals surface area contributed by atoms with Crippen molar-refractivity contribution in [2.24, 2.45) is 0 Å². The molecule has 1 spiro atoms. The van der Waals surface area contributed by atoms with Gasteiger partial charge in [0.2, 0.25) is 0 Å². The Labute approximate surface area is 525 Å². The molecular weight excluding hydrogens is 1110 g/mol. The lowest BCUT2D eigenvalue weighted by atomic mass is 9.62. The van der Waals surface area contributed by atoms with Crippen LogP contribution in [-0.2, 0) is 19.9 Å². The lowest BCUT2D eigenvalue weighted by molar-refractivity contribution is 0.658. The van der Waals surface area contributed by atoms with Gasteiger partial charge < -0.3 is 9.80 Å². The van der Waals surface area contributed by atoms with Crippen molar-refractivity contribution in [1.29, 1.82) is 0 Å². The van der Waals surface area contributed by atoms with Crippen molar-refractivity contribution in [1.82, 2.24) is 0 Å². The Morgan fingerprint density at radius 3 is 0.800 bits per heavy atom. The lowest BCUT2D eigenvalue weighted by Gasteiger charge is -2.46. The molecule has 0 fully saturated rings. The Kier molecular flexibility index (Phi) is 11.4. The number of hydrogen-bond acceptors (Lipinski definition) is 3. The minimum absolute atomic E-state index is 0.542. The molecule has 14 aromatic carbocycles. The largest absolute Gasteiger partial charge is 0.310 e. The van der Waals surface area contributed by atoms with Gasteiger partial charge in [0.05, 0.1) is 33.6 Å². The van der Waals surface area contributed by atoms with Crippen LogP contribution < -0.4 is 9.80 Å². The van der Waals surface area contributed by atoms with Crippen LogP contribution in [-0.4, -0.2) is 4.21 Å². The topological polar surface area (TPSA) is 23.6 Å². The predicted octanol–water partition coefficient (Wildman–Crippen LogP) is 21.7. The molecule has 4 heterocycles. The van der Waals surface area contributed by atoms with Gasteiger partial charge in [-0.3, -0.25) is 4.21 Å². The van der Waals surface area contributed by atoms with Crippen LogP contribution in [0.1, 0.15) is 44.5 Å². The van der Waals surface area contributed by atoms with Gasteiger partial charge in [-0.25, -0.2) is 0 Å². The molecule has 0 bridgehead atoms. The van der Waals surface area contributed by atoms with E-state index in [1.165, 1.54) is 44.5 Å². The van der Waals surface area contributed by atoms with E-state index in [-0.39, 0.29) is 0 Å². The molecule has 0 unspecified atom stereocenters. The van der Waals surface area contributed by atoms with E-state index < -0.39 is 19.9 Å². The van der Waals surface area contributed by atoms with E-state index in [1.54, 1.807) is 0 Å². The number of anilines is 6. The average Bonchev–Trinajstić information content (AvgIpc) is 1.48. The zero-order chi connectivity index (χ0) is 59.6. The monoisotopic (exact) mass is 1170 g/mol. The fourth-order valence-electron chi connectivity index (χ4n) is 16.3. The standard InChI is InChI=1S/C86H58N2OS/c89-90(81-43-23-13-33-69(81)71-57-61(49-55-83(71)90)59-45-51-67(52-46-59)87-77-39-19-15-35-73(77)85(63-25-5-1-6-26-63,64-27-7-2-8-28-64)74-36-16-20-40-78(74)87)82-44-24-14-34-70(82)72-58-62(50-56-84(72)90)60-47-53-68(54-48-60)88-79-41-21-17-37-75(79)86(65-29-9-3-10-30-65,66-31-11-4-12-32-66)76-38-18-22-42-80(76)88/h1-58H. The van der Waals surface area contributed by atoms with Crippen LogP contribution in [0.3, 0.4) is 0 Å². The Hall–Kier alpha value is -11.2. The van der Waals surface area contributed by atoms with Gasteiger partial charge in [0.15, 0.2) is 0 Å². The molecule has 90 heavy (non-hydrogen) atoms. The summed E-state index contributed by atoms with van der Waals surface area (Å²) in [5, 5.41) is 0. The molecule has 0 aromatic heterocycles. The summed E-state index contributed by atoms with van der Waals surface area (Å²) >= 11 is 0. The minimum Gasteiger partial charge on any atom is -0.310 e. The summed E-state index contributed by atoms with van der Waals surface area (Å²) in [5.74, 6) is 0. The summed E-state index contributed by atoms with van der Waals surface area (Å²) < 4.78 is 17.9. The van der Waals surface area contributed by atoms with Crippen molar-refractivity contribution in [3.63, 3.8) is 0 Å². The SMILES string of the molecule is O=S12(c3ccccc3-c3cc(-c4ccc(N5c6ccccc6C(c6ccccc6)(c6ccccc6)c6ccccc65)cc4)ccc31)c1ccccc1-c1cc(-c3ccc(N4c5ccccc5C(c5ccccc5)(c5ccccc5)c5ccccc54)cc3)ccc12. The van der Waals surface area contributed by atoms with Crippen LogP contribution in [0.15, 0.2) is 371 Å². The number of fused-ring (bicyclic) bond motifs is 14. The van der Waals surface area contributed by atoms with E-state index in [0.29, 0.717) is 0 Å². The highest BCUT2D eigenvalue weighted by molar-refractivity contribution is 8.21. The number of nitrogens with zero attached hydrogens (tertiary/aromatic N) is 2. The Morgan fingerprint density at radius 2 is 0.478 bits per heavy atom. The van der Waals surface area contributed by atoms with Gasteiger partial charge in [-0.05, 0) is 174 Å². The molecule has 0 radical (unpaired) electrons. The molecule has 0 saturated heterocycles. The maximum Gasteiger partial charge on any atom is 0.0742 e. The van der Waals surface area contributed by atoms with Crippen LogP contribution in [0.5, 0.6) is 0 Å². The Bertz CT molecular complexity index is 4740. The molecule has 14 aromatic rings. The number of hydrogen-bond donors (Lipinski definition) is 0. The second kappa shape index (κ2) is 19.7. The third-order valence-electron chi connectivity index (χ3n) is 19.9. The van der Waals surface area contributed by atoms with Gasteiger partial charge in [-0.1, -0.05) is 267 Å². The molecule has 4 aliphatic heterocycles. The molecule has 0 saturated carbocycles. The van der Waals surface area contributed by atoms with Crippen molar-refractivity contribution in [2.45, 2.75) is 30.4 Å². The predicted molar refractivity (Wildman–Crippen MR) is 369 cm³/mol. The van der Waals surface area contributed by atoms with E-state index in [0.717, 1.165) is 98.2 Å². The first-order chi connectivity index (χ1) is 44.5.